The van der Waals surface area contributed by atoms with E-state index in [0.717, 1.165) is 24.3 Å². The number of amides is 2. The summed E-state index contributed by atoms with van der Waals surface area (Å²) in [6, 6.07) is 0.459. The van der Waals surface area contributed by atoms with Crippen LogP contribution in [-0.4, -0.2) is 72.6 Å². The van der Waals surface area contributed by atoms with Gasteiger partial charge in [0.05, 0.1) is 23.5 Å². The molecule has 0 aromatic carbocycles. The van der Waals surface area contributed by atoms with Crippen LogP contribution in [0.3, 0.4) is 0 Å². The van der Waals surface area contributed by atoms with E-state index in [4.69, 9.17) is 0 Å². The van der Waals surface area contributed by atoms with E-state index >= 15 is 0 Å². The predicted molar refractivity (Wildman–Crippen MR) is 120 cm³/mol. The number of aromatic nitrogens is 4. The number of fused-ring (bicyclic) bond motifs is 1. The van der Waals surface area contributed by atoms with Crippen molar-refractivity contribution in [1.82, 2.24) is 34.9 Å². The van der Waals surface area contributed by atoms with Crippen molar-refractivity contribution in [3.8, 4) is 0 Å². The van der Waals surface area contributed by atoms with Crippen LogP contribution in [0.2, 0.25) is 0 Å². The second-order valence-corrected chi connectivity index (χ2v) is 9.44. The number of nitrogens with zero attached hydrogens (tertiary/aromatic N) is 6. The highest BCUT2D eigenvalue weighted by atomic mass is 19.1. The van der Waals surface area contributed by atoms with Crippen molar-refractivity contribution < 1.29 is 9.18 Å². The lowest BCUT2D eigenvalue weighted by Gasteiger charge is -2.46. The number of carbonyl (C=O) groups excluding carboxylic acids is 1. The summed E-state index contributed by atoms with van der Waals surface area (Å²) in [7, 11) is 0. The number of aryl methyl sites for hydroxylation is 2. The summed E-state index contributed by atoms with van der Waals surface area (Å²) in [6.45, 7) is 16.7. The van der Waals surface area contributed by atoms with Crippen LogP contribution >= 0.6 is 0 Å². The zero-order valence-electron chi connectivity index (χ0n) is 20.0. The highest BCUT2D eigenvalue weighted by molar-refractivity contribution is 5.78. The lowest BCUT2D eigenvalue weighted by molar-refractivity contribution is 0.0373. The number of aromatic amines is 1. The summed E-state index contributed by atoms with van der Waals surface area (Å²) in [5, 5.41) is 10.4. The molecular formula is C22H33FN8O. The highest BCUT2D eigenvalue weighted by Crippen LogP contribution is 2.42. The third kappa shape index (κ3) is 3.60. The van der Waals surface area contributed by atoms with Crippen LogP contribution in [0.25, 0.3) is 0 Å². The average Bonchev–Trinajstić information content (AvgIpc) is 3.24. The maximum absolute atomic E-state index is 14.6. The monoisotopic (exact) mass is 444 g/mol. The summed E-state index contributed by atoms with van der Waals surface area (Å²) in [5.41, 5.74) is 1.41. The molecule has 2 atom stereocenters. The third-order valence-corrected chi connectivity index (χ3v) is 6.83. The first-order valence-electron chi connectivity index (χ1n) is 11.2. The predicted octanol–water partition coefficient (Wildman–Crippen LogP) is 3.28. The van der Waals surface area contributed by atoms with Crippen LogP contribution in [0.1, 0.15) is 57.4 Å². The first-order valence-corrected chi connectivity index (χ1v) is 11.2. The van der Waals surface area contributed by atoms with Crippen molar-refractivity contribution in [3.63, 3.8) is 0 Å². The summed E-state index contributed by atoms with van der Waals surface area (Å²) in [5.74, 6) is 0.543. The van der Waals surface area contributed by atoms with E-state index in [1.54, 1.807) is 13.8 Å². The van der Waals surface area contributed by atoms with Crippen molar-refractivity contribution in [2.75, 3.05) is 25.0 Å². The molecule has 2 aromatic rings. The number of piperazine rings is 1. The van der Waals surface area contributed by atoms with E-state index in [1.165, 1.54) is 0 Å². The number of carbonyl (C=O) groups is 1. The molecule has 2 aliphatic rings. The first kappa shape index (κ1) is 22.4. The fourth-order valence-electron chi connectivity index (χ4n) is 4.88. The van der Waals surface area contributed by atoms with Crippen LogP contribution in [0.5, 0.6) is 0 Å². The van der Waals surface area contributed by atoms with E-state index < -0.39 is 11.4 Å². The number of urea groups is 1. The van der Waals surface area contributed by atoms with E-state index in [-0.39, 0.29) is 23.6 Å². The van der Waals surface area contributed by atoms with Gasteiger partial charge in [0.2, 0.25) is 0 Å². The smallest absolute Gasteiger partial charge is 0.321 e. The first-order chi connectivity index (χ1) is 15.0. The van der Waals surface area contributed by atoms with Gasteiger partial charge in [0.25, 0.3) is 0 Å². The highest BCUT2D eigenvalue weighted by Gasteiger charge is 2.46. The van der Waals surface area contributed by atoms with E-state index in [2.05, 4.69) is 51.2 Å². The lowest BCUT2D eigenvalue weighted by Crippen LogP contribution is -2.61. The Bertz CT molecular complexity index is 1040. The van der Waals surface area contributed by atoms with E-state index in [9.17, 15) is 9.18 Å². The van der Waals surface area contributed by atoms with Crippen LogP contribution in [0.4, 0.5) is 20.8 Å². The average molecular weight is 445 g/mol. The fourth-order valence-corrected chi connectivity index (χ4v) is 4.88. The normalized spacial score (nSPS) is 22.9. The van der Waals surface area contributed by atoms with Crippen molar-refractivity contribution in [2.45, 2.75) is 72.6 Å². The van der Waals surface area contributed by atoms with Crippen LogP contribution in [-0.2, 0) is 12.1 Å². The number of hydrogen-bond donors (Lipinski definition) is 2. The Morgan fingerprint density at radius 3 is 2.59 bits per heavy atom. The van der Waals surface area contributed by atoms with Gasteiger partial charge in [-0.25, -0.2) is 19.2 Å². The number of rotatable bonds is 3. The van der Waals surface area contributed by atoms with Crippen LogP contribution < -0.4 is 5.32 Å². The molecule has 10 heteroatoms. The molecule has 0 unspecified atom stereocenters. The van der Waals surface area contributed by atoms with Gasteiger partial charge in [-0.3, -0.25) is 10.00 Å². The maximum atomic E-state index is 14.6. The standard InChI is InChI=1S/C22H33FN8O/c1-8-29-9-13(3)30(10-12(29)2)21(32)31-11-16-18(22(31,6)7)27-28-19(16)26-20-17(23)14(4)24-15(5)25-20/h12-13H,8-11H2,1-7H3,(H2,24,25,26,27,28)/t12-,13+/m1/s1. The molecule has 0 radical (unpaired) electrons. The molecule has 4 heterocycles. The summed E-state index contributed by atoms with van der Waals surface area (Å²) < 4.78 is 14.6. The van der Waals surface area contributed by atoms with Crippen molar-refractivity contribution >= 4 is 17.7 Å². The van der Waals surface area contributed by atoms with Gasteiger partial charge in [-0.2, -0.15) is 5.10 Å². The van der Waals surface area contributed by atoms with Crippen LogP contribution in [0, 0.1) is 19.7 Å². The molecule has 2 aromatic heterocycles. The Labute approximate surface area is 188 Å². The largest absolute Gasteiger partial charge is 0.321 e. The molecule has 1 saturated heterocycles. The molecule has 4 rings (SSSR count). The van der Waals surface area contributed by atoms with Gasteiger partial charge in [-0.05, 0) is 48.1 Å². The van der Waals surface area contributed by atoms with Gasteiger partial charge in [-0.1, -0.05) is 6.92 Å². The van der Waals surface area contributed by atoms with Gasteiger partial charge < -0.3 is 15.1 Å². The molecule has 0 saturated carbocycles. The molecule has 9 nitrogen and oxygen atoms in total. The molecule has 2 N–H and O–H groups in total. The van der Waals surface area contributed by atoms with Crippen LogP contribution in [0.15, 0.2) is 0 Å². The molecule has 2 aliphatic heterocycles. The number of halogens is 1. The number of hydrogen-bond acceptors (Lipinski definition) is 6. The van der Waals surface area contributed by atoms with Crippen molar-refractivity contribution in [3.05, 3.63) is 28.6 Å². The Morgan fingerprint density at radius 2 is 1.91 bits per heavy atom. The van der Waals surface area contributed by atoms with E-state index in [0.29, 0.717) is 30.8 Å². The Hall–Kier alpha value is -2.75. The van der Waals surface area contributed by atoms with Gasteiger partial charge in [0.1, 0.15) is 5.82 Å². The summed E-state index contributed by atoms with van der Waals surface area (Å²) in [4.78, 5) is 28.1. The number of likely N-dealkylation sites (N-methyl/N-ethyl adjacent to an activating group) is 1. The lowest BCUT2D eigenvalue weighted by atomic mass is 10.0. The molecule has 0 bridgehead atoms. The fraction of sp³-hybridized carbons (Fsp3) is 0.636. The maximum Gasteiger partial charge on any atom is 0.321 e. The van der Waals surface area contributed by atoms with Gasteiger partial charge in [-0.15, -0.1) is 0 Å². The quantitative estimate of drug-likeness (QED) is 0.755. The Balaban J connectivity index is 1.59. The van der Waals surface area contributed by atoms with Gasteiger partial charge in [0, 0.05) is 30.7 Å². The van der Waals surface area contributed by atoms with Gasteiger partial charge in [0.15, 0.2) is 17.5 Å². The minimum Gasteiger partial charge on any atom is -0.321 e. The molecule has 1 fully saturated rings. The number of nitrogens with one attached hydrogen (secondary N) is 2. The molecule has 32 heavy (non-hydrogen) atoms. The van der Waals surface area contributed by atoms with Crippen molar-refractivity contribution in [2.24, 2.45) is 0 Å². The summed E-state index contributed by atoms with van der Waals surface area (Å²) in [6.07, 6.45) is 0. The second-order valence-electron chi connectivity index (χ2n) is 9.44. The molecular weight excluding hydrogens is 411 g/mol. The molecule has 2 amide bonds. The van der Waals surface area contributed by atoms with Gasteiger partial charge >= 0.3 is 6.03 Å². The zero-order chi connectivity index (χ0) is 23.4. The topological polar surface area (TPSA) is 93.3 Å². The van der Waals surface area contributed by atoms with E-state index in [1.807, 2.05) is 23.6 Å². The Morgan fingerprint density at radius 1 is 1.19 bits per heavy atom. The SMILES string of the molecule is CCN1C[C@H](C)N(C(=O)N2Cc3c(Nc4nc(C)nc(C)c4F)n[nH]c3C2(C)C)C[C@H]1C. The second kappa shape index (κ2) is 7.99. The minimum absolute atomic E-state index is 0.0144. The number of anilines is 2. The third-order valence-electron chi connectivity index (χ3n) is 6.83. The zero-order valence-corrected chi connectivity index (χ0v) is 20.0. The summed E-state index contributed by atoms with van der Waals surface area (Å²) >= 11 is 0. The molecule has 174 valence electrons. The molecule has 0 spiro atoms. The Kier molecular flexibility index (Phi) is 5.60. The van der Waals surface area contributed by atoms with Crippen molar-refractivity contribution in [1.29, 1.82) is 0 Å². The number of H-pyrrole nitrogens is 1. The minimum atomic E-state index is -0.569. The molecule has 0 aliphatic carbocycles.